The average molecular weight is 1160 g/mol. The van der Waals surface area contributed by atoms with Crippen molar-refractivity contribution in [3.63, 3.8) is 0 Å². The van der Waals surface area contributed by atoms with Gasteiger partial charge in [0.1, 0.15) is 11.4 Å². The van der Waals surface area contributed by atoms with Crippen LogP contribution in [0.2, 0.25) is 0 Å². The third-order valence-corrected chi connectivity index (χ3v) is 18.6. The van der Waals surface area contributed by atoms with Crippen molar-refractivity contribution >= 4 is 87.2 Å². The van der Waals surface area contributed by atoms with Crippen molar-refractivity contribution in [3.05, 3.63) is 281 Å². The maximum atomic E-state index is 6.57. The minimum atomic E-state index is 0.626. The lowest BCUT2D eigenvalue weighted by molar-refractivity contribution is 0.960. The van der Waals surface area contributed by atoms with Crippen LogP contribution in [0.4, 0.5) is 0 Å². The Morgan fingerprint density at radius 1 is 0.222 bits per heavy atom. The first-order valence-corrected chi connectivity index (χ1v) is 31.1. The van der Waals surface area contributed by atoms with Crippen LogP contribution in [0.1, 0.15) is 44.5 Å². The Bertz CT molecular complexity index is 5300. The first kappa shape index (κ1) is 53.1. The van der Waals surface area contributed by atoms with Crippen LogP contribution < -0.4 is 0 Å². The molecule has 7 heteroatoms. The second-order valence-electron chi connectivity index (χ2n) is 25.1. The Morgan fingerprint density at radius 2 is 0.489 bits per heavy atom. The van der Waals surface area contributed by atoms with Crippen molar-refractivity contribution in [1.29, 1.82) is 0 Å². The van der Waals surface area contributed by atoms with Gasteiger partial charge in [0.05, 0.1) is 55.5 Å². The monoisotopic (exact) mass is 1160 g/mol. The van der Waals surface area contributed by atoms with Crippen LogP contribution in [0.3, 0.4) is 0 Å². The number of fused-ring (bicyclic) bond motifs is 12. The summed E-state index contributed by atoms with van der Waals surface area (Å²) in [5.41, 5.74) is 26.6. The lowest BCUT2D eigenvalue weighted by Gasteiger charge is -2.27. The van der Waals surface area contributed by atoms with Crippen molar-refractivity contribution in [1.82, 2.24) is 33.2 Å². The summed E-state index contributed by atoms with van der Waals surface area (Å²) >= 11 is 0. The summed E-state index contributed by atoms with van der Waals surface area (Å²) in [6.07, 6.45) is 0. The Morgan fingerprint density at radius 3 is 0.789 bits per heavy atom. The smallest absolute Gasteiger partial charge is 0.165 e. The van der Waals surface area contributed by atoms with Gasteiger partial charge in [0.2, 0.25) is 0 Å². The zero-order valence-corrected chi connectivity index (χ0v) is 51.6. The predicted molar refractivity (Wildman–Crippen MR) is 377 cm³/mol. The largest absolute Gasteiger partial charge is 0.305 e. The van der Waals surface area contributed by atoms with E-state index in [9.17, 15) is 0 Å². The fraction of sp³-hybridized carbons (Fsp3) is 0.0964. The molecule has 90 heavy (non-hydrogen) atoms. The van der Waals surface area contributed by atoms with Gasteiger partial charge in [-0.15, -0.1) is 0 Å². The summed E-state index contributed by atoms with van der Waals surface area (Å²) in [7, 11) is 0. The molecule has 0 spiro atoms. The molecule has 430 valence electrons. The summed E-state index contributed by atoms with van der Waals surface area (Å²) in [5, 5.41) is 9.38. The Balaban J connectivity index is 1.15. The quantitative estimate of drug-likeness (QED) is 0.152. The van der Waals surface area contributed by atoms with Crippen LogP contribution in [0, 0.1) is 55.4 Å². The van der Waals surface area contributed by atoms with E-state index in [1.165, 1.54) is 87.6 Å². The number of hydrogen-bond donors (Lipinski definition) is 0. The zero-order chi connectivity index (χ0) is 60.8. The number of nitrogens with zero attached hydrogens (tertiary/aromatic N) is 7. The molecule has 0 unspecified atom stereocenters. The second kappa shape index (κ2) is 20.2. The Hall–Kier alpha value is -11.2. The van der Waals surface area contributed by atoms with Crippen LogP contribution in [0.5, 0.6) is 0 Å². The van der Waals surface area contributed by atoms with Gasteiger partial charge < -0.3 is 9.13 Å². The third-order valence-electron chi connectivity index (χ3n) is 18.6. The number of rotatable bonds is 8. The van der Waals surface area contributed by atoms with Crippen molar-refractivity contribution in [2.45, 2.75) is 55.4 Å². The van der Waals surface area contributed by atoms with Gasteiger partial charge in [0.15, 0.2) is 17.5 Å². The van der Waals surface area contributed by atoms with Gasteiger partial charge in [0.25, 0.3) is 0 Å². The van der Waals surface area contributed by atoms with Gasteiger partial charge in [-0.3, -0.25) is 9.13 Å². The summed E-state index contributed by atoms with van der Waals surface area (Å²) < 4.78 is 10.0. The summed E-state index contributed by atoms with van der Waals surface area (Å²) in [6, 6.07) is 87.6. The van der Waals surface area contributed by atoms with E-state index in [2.05, 4.69) is 310 Å². The van der Waals surface area contributed by atoms with E-state index in [-0.39, 0.29) is 0 Å². The molecule has 0 radical (unpaired) electrons. The number of aromatic nitrogens is 7. The first-order valence-electron chi connectivity index (χ1n) is 31.1. The van der Waals surface area contributed by atoms with Crippen LogP contribution in [-0.2, 0) is 0 Å². The SMILES string of the molecule is Cc1ccc2c(c1)c1cc(C)ccc1n2-c1nc(-n2c3ccc(C)cc3c3cc(C)ccc32)c(-n2c3ccc(C)cc3c3cc(C)ccc32)c(-c2cccc(-c3nc(-c4ccccc4)cc(-c4ccccc4)n3)c2)c1-n1c2ccc(C)cc2c2cc(C)ccc21. The van der Waals surface area contributed by atoms with Crippen LogP contribution >= 0.6 is 0 Å². The molecule has 17 aromatic rings. The molecule has 0 atom stereocenters. The van der Waals surface area contributed by atoms with Crippen molar-refractivity contribution in [3.8, 4) is 68.0 Å². The number of benzene rings is 11. The molecule has 0 saturated heterocycles. The highest BCUT2D eigenvalue weighted by molar-refractivity contribution is 6.16. The number of hydrogen-bond acceptors (Lipinski definition) is 3. The second-order valence-corrected chi connectivity index (χ2v) is 25.1. The molecule has 0 aliphatic rings. The van der Waals surface area contributed by atoms with E-state index >= 15 is 0 Å². The van der Waals surface area contributed by atoms with E-state index in [1.807, 2.05) is 0 Å². The fourth-order valence-corrected chi connectivity index (χ4v) is 14.4. The third kappa shape index (κ3) is 8.30. The van der Waals surface area contributed by atoms with Gasteiger partial charge in [-0.1, -0.05) is 172 Å². The van der Waals surface area contributed by atoms with Gasteiger partial charge in [-0.05, 0) is 170 Å². The van der Waals surface area contributed by atoms with Crippen LogP contribution in [0.15, 0.2) is 237 Å². The van der Waals surface area contributed by atoms with Crippen molar-refractivity contribution in [2.75, 3.05) is 0 Å². The van der Waals surface area contributed by atoms with E-state index in [4.69, 9.17) is 15.0 Å². The lowest BCUT2D eigenvalue weighted by Crippen LogP contribution is -2.16. The summed E-state index contributed by atoms with van der Waals surface area (Å²) in [6.45, 7) is 17.6. The molecule has 0 N–H and O–H groups in total. The minimum Gasteiger partial charge on any atom is -0.305 e. The van der Waals surface area contributed by atoms with Crippen molar-refractivity contribution in [2.24, 2.45) is 0 Å². The maximum Gasteiger partial charge on any atom is 0.165 e. The molecule has 6 aromatic heterocycles. The fourth-order valence-electron chi connectivity index (χ4n) is 14.4. The molecule has 0 amide bonds. The number of aryl methyl sites for hydroxylation is 8. The van der Waals surface area contributed by atoms with E-state index < -0.39 is 0 Å². The molecule has 0 bridgehead atoms. The minimum absolute atomic E-state index is 0.626. The maximum absolute atomic E-state index is 6.57. The summed E-state index contributed by atoms with van der Waals surface area (Å²) in [5.74, 6) is 2.20. The highest BCUT2D eigenvalue weighted by atomic mass is 15.2. The first-order chi connectivity index (χ1) is 43.9. The lowest BCUT2D eigenvalue weighted by atomic mass is 9.98. The zero-order valence-electron chi connectivity index (χ0n) is 51.6. The van der Waals surface area contributed by atoms with E-state index in [1.54, 1.807) is 0 Å². The molecule has 0 aliphatic carbocycles. The molecule has 0 saturated carbocycles. The van der Waals surface area contributed by atoms with Gasteiger partial charge in [-0.25, -0.2) is 15.0 Å². The van der Waals surface area contributed by atoms with Crippen LogP contribution in [-0.4, -0.2) is 33.2 Å². The van der Waals surface area contributed by atoms with Crippen molar-refractivity contribution < 1.29 is 0 Å². The molecule has 17 rings (SSSR count). The Labute approximate surface area is 522 Å². The normalized spacial score (nSPS) is 12.0. The topological polar surface area (TPSA) is 58.4 Å². The van der Waals surface area contributed by atoms with Gasteiger partial charge in [0, 0.05) is 65.3 Å². The summed E-state index contributed by atoms with van der Waals surface area (Å²) in [4.78, 5) is 17.6. The Kier molecular flexibility index (Phi) is 11.9. The van der Waals surface area contributed by atoms with Gasteiger partial charge >= 0.3 is 0 Å². The predicted octanol–water partition coefficient (Wildman–Crippen LogP) is 21.4. The highest BCUT2D eigenvalue weighted by Gasteiger charge is 2.33. The molecule has 7 nitrogen and oxygen atoms in total. The van der Waals surface area contributed by atoms with Crippen LogP contribution in [0.25, 0.3) is 155 Å². The molecular formula is C83H63N7. The highest BCUT2D eigenvalue weighted by Crippen LogP contribution is 2.50. The number of pyridine rings is 1. The molecular weight excluding hydrogens is 1090 g/mol. The molecule has 6 heterocycles. The standard InChI is InChI=1S/C83H63N7/c1-48-22-30-70-60(38-48)61-39-49(2)23-31-71(61)87(70)79-78(58-20-15-21-59(46-58)81-84-68(56-16-11-9-12-17-56)47-69(85-81)57-18-13-10-14-19-57)80(88-72-32-24-50(3)40-62(72)63-41-51(4)25-33-73(63)88)83(90-76-36-28-54(7)44-66(76)67-45-55(8)29-37-77(67)90)86-82(79)89-74-34-26-52(5)42-64(74)65-43-53(6)27-35-75(65)89/h9-47H,1-8H3. The molecule has 11 aromatic carbocycles. The van der Waals surface area contributed by atoms with Gasteiger partial charge in [-0.2, -0.15) is 0 Å². The average Bonchev–Trinajstić information content (AvgIpc) is 1.36. The molecule has 0 fully saturated rings. The van der Waals surface area contributed by atoms with E-state index in [0.29, 0.717) is 5.82 Å². The molecule has 0 aliphatic heterocycles. The van der Waals surface area contributed by atoms with E-state index in [0.717, 1.165) is 106 Å².